The second-order valence-electron chi connectivity index (χ2n) is 9.26. The van der Waals surface area contributed by atoms with Crippen molar-refractivity contribution in [2.24, 2.45) is 0 Å². The summed E-state index contributed by atoms with van der Waals surface area (Å²) in [7, 11) is -0.297. The van der Waals surface area contributed by atoms with Crippen LogP contribution in [0.3, 0.4) is 0 Å². The molecule has 29 heavy (non-hydrogen) atoms. The highest BCUT2D eigenvalue weighted by Crippen LogP contribution is 2.36. The van der Waals surface area contributed by atoms with Crippen molar-refractivity contribution in [2.75, 3.05) is 20.3 Å². The van der Waals surface area contributed by atoms with Gasteiger partial charge >= 0.3 is 5.97 Å². The maximum absolute atomic E-state index is 12.1. The molecule has 0 heterocycles. The second-order valence-corrected chi connectivity index (χ2v) is 14.1. The van der Waals surface area contributed by atoms with E-state index in [-0.39, 0.29) is 23.1 Å². The summed E-state index contributed by atoms with van der Waals surface area (Å²) in [6, 6.07) is 10.7. The van der Waals surface area contributed by atoms with Crippen molar-refractivity contribution in [1.29, 1.82) is 0 Å². The highest BCUT2D eigenvalue weighted by atomic mass is 28.4. The summed E-state index contributed by atoms with van der Waals surface area (Å²) < 4.78 is 11.3. The van der Waals surface area contributed by atoms with Gasteiger partial charge in [-0.15, -0.1) is 6.58 Å². The fourth-order valence-electron chi connectivity index (χ4n) is 3.22. The molecule has 1 aromatic rings. The van der Waals surface area contributed by atoms with E-state index in [1.165, 1.54) is 12.7 Å². The lowest BCUT2D eigenvalue weighted by atomic mass is 10.00. The Morgan fingerprint density at radius 3 is 2.38 bits per heavy atom. The lowest BCUT2D eigenvalue weighted by Crippen LogP contribution is -2.42. The third-order valence-electron chi connectivity index (χ3n) is 6.17. The van der Waals surface area contributed by atoms with Gasteiger partial charge in [0.15, 0.2) is 8.32 Å². The van der Waals surface area contributed by atoms with Crippen molar-refractivity contribution in [2.45, 2.75) is 77.2 Å². The number of esters is 1. The van der Waals surface area contributed by atoms with E-state index in [0.717, 1.165) is 26.0 Å². The number of carbonyl (C=O) groups excluding carboxylic acids is 1. The van der Waals surface area contributed by atoms with E-state index in [0.29, 0.717) is 6.42 Å². The van der Waals surface area contributed by atoms with Crippen molar-refractivity contribution in [1.82, 2.24) is 4.90 Å². The molecule has 5 heteroatoms. The minimum Gasteiger partial charge on any atom is -0.469 e. The fourth-order valence-corrected chi connectivity index (χ4v) is 4.31. The largest absolute Gasteiger partial charge is 0.469 e. The lowest BCUT2D eigenvalue weighted by molar-refractivity contribution is -0.142. The first kappa shape index (κ1) is 25.6. The van der Waals surface area contributed by atoms with Crippen LogP contribution in [0, 0.1) is 0 Å². The molecule has 1 aromatic carbocycles. The minimum absolute atomic E-state index is 0.0821. The number of hydrogen-bond acceptors (Lipinski definition) is 4. The van der Waals surface area contributed by atoms with Crippen molar-refractivity contribution in [3.05, 3.63) is 48.6 Å². The minimum atomic E-state index is -1.75. The van der Waals surface area contributed by atoms with Gasteiger partial charge in [0, 0.05) is 25.2 Å². The Morgan fingerprint density at radius 1 is 1.24 bits per heavy atom. The van der Waals surface area contributed by atoms with E-state index in [1.54, 1.807) is 0 Å². The fraction of sp³-hybridized carbons (Fsp3) is 0.625. The van der Waals surface area contributed by atoms with Gasteiger partial charge in [-0.05, 0) is 43.5 Å². The first-order valence-corrected chi connectivity index (χ1v) is 13.6. The average molecular weight is 420 g/mol. The SMILES string of the molecule is C=CCN([C@H](CCCO[Si](C)(C)C(C)(C)C)CC(=O)OC)[C@H](C)c1ccccc1. The number of hydrogen-bond donors (Lipinski definition) is 0. The number of benzene rings is 1. The van der Waals surface area contributed by atoms with Gasteiger partial charge in [0.2, 0.25) is 0 Å². The third kappa shape index (κ3) is 8.07. The zero-order valence-corrected chi connectivity index (χ0v) is 20.5. The van der Waals surface area contributed by atoms with E-state index in [2.05, 4.69) is 76.5 Å². The predicted molar refractivity (Wildman–Crippen MR) is 125 cm³/mol. The molecule has 0 aliphatic carbocycles. The molecular weight excluding hydrogens is 378 g/mol. The van der Waals surface area contributed by atoms with Crippen molar-refractivity contribution in [3.8, 4) is 0 Å². The van der Waals surface area contributed by atoms with Crippen LogP contribution in [0.25, 0.3) is 0 Å². The third-order valence-corrected chi connectivity index (χ3v) is 10.7. The average Bonchev–Trinajstić information content (AvgIpc) is 2.67. The smallest absolute Gasteiger partial charge is 0.307 e. The van der Waals surface area contributed by atoms with E-state index < -0.39 is 8.32 Å². The topological polar surface area (TPSA) is 38.8 Å². The quantitative estimate of drug-likeness (QED) is 0.181. The molecule has 0 aliphatic heterocycles. The molecule has 0 fully saturated rings. The number of methoxy groups -OCH3 is 1. The molecule has 2 atom stereocenters. The Balaban J connectivity index is 2.87. The summed E-state index contributed by atoms with van der Waals surface area (Å²) in [4.78, 5) is 14.5. The lowest BCUT2D eigenvalue weighted by Gasteiger charge is -2.37. The van der Waals surface area contributed by atoms with Gasteiger partial charge in [0.1, 0.15) is 0 Å². The van der Waals surface area contributed by atoms with Crippen LogP contribution in [-0.4, -0.2) is 45.5 Å². The van der Waals surface area contributed by atoms with Crippen molar-refractivity contribution >= 4 is 14.3 Å². The molecule has 0 aliphatic rings. The number of ether oxygens (including phenoxy) is 1. The van der Waals surface area contributed by atoms with Crippen LogP contribution in [0.1, 0.15) is 58.6 Å². The zero-order chi connectivity index (χ0) is 22.1. The molecular formula is C24H41NO3Si. The standard InChI is InChI=1S/C24H41NO3Si/c1-9-17-25(20(2)21-14-11-10-12-15-21)22(19-23(26)27-6)16-13-18-28-29(7,8)24(3,4)5/h9-12,14-15,20,22H,1,13,16-19H2,2-8H3/t20-,22-/m1/s1. The Kier molecular flexibility index (Phi) is 10.3. The molecule has 0 amide bonds. The first-order valence-electron chi connectivity index (χ1n) is 10.7. The maximum atomic E-state index is 12.1. The summed E-state index contributed by atoms with van der Waals surface area (Å²) >= 11 is 0. The maximum Gasteiger partial charge on any atom is 0.307 e. The second kappa shape index (κ2) is 11.7. The van der Waals surface area contributed by atoms with Crippen LogP contribution in [0.4, 0.5) is 0 Å². The van der Waals surface area contributed by atoms with E-state index >= 15 is 0 Å². The molecule has 0 radical (unpaired) electrons. The molecule has 0 bridgehead atoms. The normalized spacial score (nSPS) is 14.5. The van der Waals surface area contributed by atoms with Crippen LogP contribution in [0.15, 0.2) is 43.0 Å². The summed E-state index contributed by atoms with van der Waals surface area (Å²) in [5, 5.41) is 0.203. The highest BCUT2D eigenvalue weighted by molar-refractivity contribution is 6.74. The van der Waals surface area contributed by atoms with Gasteiger partial charge in [-0.1, -0.05) is 57.2 Å². The van der Waals surface area contributed by atoms with Gasteiger partial charge in [-0.25, -0.2) is 0 Å². The van der Waals surface area contributed by atoms with E-state index in [1.807, 2.05) is 12.1 Å². The van der Waals surface area contributed by atoms with Crippen molar-refractivity contribution in [3.63, 3.8) is 0 Å². The molecule has 0 unspecified atom stereocenters. The molecule has 0 spiro atoms. The molecule has 1 rings (SSSR count). The van der Waals surface area contributed by atoms with Crippen LogP contribution in [0.5, 0.6) is 0 Å². The van der Waals surface area contributed by atoms with Gasteiger partial charge < -0.3 is 9.16 Å². The number of rotatable bonds is 12. The Bertz CT molecular complexity index is 625. The van der Waals surface area contributed by atoms with Crippen LogP contribution in [0.2, 0.25) is 18.1 Å². The van der Waals surface area contributed by atoms with E-state index in [4.69, 9.17) is 9.16 Å². The summed E-state index contributed by atoms with van der Waals surface area (Å²) in [6.45, 7) is 18.9. The van der Waals surface area contributed by atoms with Crippen molar-refractivity contribution < 1.29 is 14.0 Å². The van der Waals surface area contributed by atoms with Crippen LogP contribution >= 0.6 is 0 Å². The van der Waals surface area contributed by atoms with Gasteiger partial charge in [-0.2, -0.15) is 0 Å². The van der Waals surface area contributed by atoms with Gasteiger partial charge in [-0.3, -0.25) is 9.69 Å². The van der Waals surface area contributed by atoms with Gasteiger partial charge in [0.05, 0.1) is 13.5 Å². The van der Waals surface area contributed by atoms with E-state index in [9.17, 15) is 4.79 Å². The Labute approximate surface area is 179 Å². The molecule has 4 nitrogen and oxygen atoms in total. The predicted octanol–water partition coefficient (Wildman–Crippen LogP) is 5.97. The Hall–Kier alpha value is -1.43. The highest BCUT2D eigenvalue weighted by Gasteiger charge is 2.37. The number of carbonyl (C=O) groups is 1. The first-order chi connectivity index (χ1) is 13.5. The van der Waals surface area contributed by atoms with Gasteiger partial charge in [0.25, 0.3) is 0 Å². The molecule has 0 aromatic heterocycles. The van der Waals surface area contributed by atoms with Crippen LogP contribution < -0.4 is 0 Å². The summed E-state index contributed by atoms with van der Waals surface area (Å²) in [6.07, 6.45) is 4.09. The summed E-state index contributed by atoms with van der Waals surface area (Å²) in [5.41, 5.74) is 1.24. The molecule has 0 saturated heterocycles. The molecule has 0 N–H and O–H groups in total. The summed E-state index contributed by atoms with van der Waals surface area (Å²) in [5.74, 6) is -0.172. The zero-order valence-electron chi connectivity index (χ0n) is 19.5. The molecule has 164 valence electrons. The molecule has 0 saturated carbocycles. The Morgan fingerprint density at radius 2 is 1.86 bits per heavy atom. The monoisotopic (exact) mass is 419 g/mol. The number of nitrogens with zero attached hydrogens (tertiary/aromatic N) is 1. The van der Waals surface area contributed by atoms with Crippen LogP contribution in [-0.2, 0) is 14.0 Å².